The van der Waals surface area contributed by atoms with Crippen LogP contribution in [-0.4, -0.2) is 30.6 Å². The van der Waals surface area contributed by atoms with Gasteiger partial charge >= 0.3 is 0 Å². The Balaban J connectivity index is 1.67. The molecule has 1 fully saturated rings. The highest BCUT2D eigenvalue weighted by Gasteiger charge is 2.19. The van der Waals surface area contributed by atoms with E-state index < -0.39 is 0 Å². The first-order valence-electron chi connectivity index (χ1n) is 8.63. The van der Waals surface area contributed by atoms with Crippen LogP contribution in [0.15, 0.2) is 42.5 Å². The second-order valence-electron chi connectivity index (χ2n) is 6.24. The molecule has 1 aliphatic rings. The molecule has 0 atom stereocenters. The molecule has 0 saturated carbocycles. The molecular formula is C20H22N2O4. The number of amides is 2. The van der Waals surface area contributed by atoms with Gasteiger partial charge in [-0.2, -0.15) is 0 Å². The number of carbonyl (C=O) groups excluding carboxylic acids is 2. The van der Waals surface area contributed by atoms with Gasteiger partial charge in [0, 0.05) is 31.3 Å². The largest absolute Gasteiger partial charge is 0.507 e. The molecule has 1 saturated heterocycles. The molecule has 1 aliphatic heterocycles. The van der Waals surface area contributed by atoms with Crippen LogP contribution in [0.1, 0.15) is 35.2 Å². The van der Waals surface area contributed by atoms with E-state index in [0.717, 1.165) is 30.6 Å². The second-order valence-corrected chi connectivity index (χ2v) is 6.24. The van der Waals surface area contributed by atoms with E-state index in [1.165, 1.54) is 19.2 Å². The average Bonchev–Trinajstić information content (AvgIpc) is 2.66. The number of piperidine rings is 1. The lowest BCUT2D eigenvalue weighted by molar-refractivity contribution is -0.119. The zero-order valence-corrected chi connectivity index (χ0v) is 14.7. The van der Waals surface area contributed by atoms with Crippen molar-refractivity contribution in [1.82, 2.24) is 5.32 Å². The number of aromatic hydroxyl groups is 1. The molecule has 2 aromatic carbocycles. The van der Waals surface area contributed by atoms with Gasteiger partial charge in [0.1, 0.15) is 11.5 Å². The maximum atomic E-state index is 12.3. The van der Waals surface area contributed by atoms with E-state index >= 15 is 0 Å². The van der Waals surface area contributed by atoms with E-state index in [4.69, 9.17) is 4.74 Å². The molecule has 2 N–H and O–H groups in total. The third-order valence-electron chi connectivity index (χ3n) is 4.45. The molecule has 26 heavy (non-hydrogen) atoms. The number of hydrogen-bond acceptors (Lipinski definition) is 4. The first kappa shape index (κ1) is 17.8. The SMILES string of the molecule is COc1ccc(C(=O)NCc2cccc(N3CCCCC3=O)c2)c(O)c1. The minimum Gasteiger partial charge on any atom is -0.507 e. The van der Waals surface area contributed by atoms with Crippen molar-refractivity contribution in [2.24, 2.45) is 0 Å². The minimum atomic E-state index is -0.371. The molecule has 2 aromatic rings. The molecule has 0 unspecified atom stereocenters. The van der Waals surface area contributed by atoms with Gasteiger partial charge in [-0.3, -0.25) is 9.59 Å². The monoisotopic (exact) mass is 354 g/mol. The number of nitrogens with zero attached hydrogens (tertiary/aromatic N) is 1. The lowest BCUT2D eigenvalue weighted by Crippen LogP contribution is -2.35. The van der Waals surface area contributed by atoms with Crippen LogP contribution >= 0.6 is 0 Å². The van der Waals surface area contributed by atoms with E-state index in [0.29, 0.717) is 18.7 Å². The lowest BCUT2D eigenvalue weighted by atomic mass is 10.1. The number of phenolic OH excluding ortho intramolecular Hbond substituents is 1. The molecule has 0 aliphatic carbocycles. The molecular weight excluding hydrogens is 332 g/mol. The van der Waals surface area contributed by atoms with Crippen LogP contribution in [0.4, 0.5) is 5.69 Å². The van der Waals surface area contributed by atoms with Crippen LogP contribution in [0.25, 0.3) is 0 Å². The van der Waals surface area contributed by atoms with Crippen molar-refractivity contribution in [3.63, 3.8) is 0 Å². The van der Waals surface area contributed by atoms with Crippen molar-refractivity contribution in [2.75, 3.05) is 18.6 Å². The van der Waals surface area contributed by atoms with E-state index in [9.17, 15) is 14.7 Å². The summed E-state index contributed by atoms with van der Waals surface area (Å²) in [6.45, 7) is 1.04. The van der Waals surface area contributed by atoms with Gasteiger partial charge in [-0.15, -0.1) is 0 Å². The Bertz CT molecular complexity index is 819. The maximum Gasteiger partial charge on any atom is 0.255 e. The minimum absolute atomic E-state index is 0.130. The van der Waals surface area contributed by atoms with Crippen molar-refractivity contribution < 1.29 is 19.4 Å². The van der Waals surface area contributed by atoms with Crippen LogP contribution in [0, 0.1) is 0 Å². The Labute approximate surface area is 152 Å². The predicted octanol–water partition coefficient (Wildman–Crippen LogP) is 2.85. The van der Waals surface area contributed by atoms with Gasteiger partial charge < -0.3 is 20.1 Å². The van der Waals surface area contributed by atoms with Gasteiger partial charge in [0.2, 0.25) is 5.91 Å². The Morgan fingerprint density at radius 3 is 2.81 bits per heavy atom. The van der Waals surface area contributed by atoms with Gasteiger partial charge in [0.05, 0.1) is 12.7 Å². The fraction of sp³-hybridized carbons (Fsp3) is 0.300. The second kappa shape index (κ2) is 7.91. The first-order valence-corrected chi connectivity index (χ1v) is 8.63. The summed E-state index contributed by atoms with van der Waals surface area (Å²) in [5.74, 6) is 0.123. The molecule has 1 heterocycles. The molecule has 3 rings (SSSR count). The molecule has 6 heteroatoms. The summed E-state index contributed by atoms with van der Waals surface area (Å²) in [4.78, 5) is 26.2. The highest BCUT2D eigenvalue weighted by molar-refractivity contribution is 5.97. The van der Waals surface area contributed by atoms with Gasteiger partial charge in [-0.25, -0.2) is 0 Å². The fourth-order valence-electron chi connectivity index (χ4n) is 3.02. The topological polar surface area (TPSA) is 78.9 Å². The van der Waals surface area contributed by atoms with Crippen LogP contribution < -0.4 is 15.0 Å². The molecule has 0 bridgehead atoms. The molecule has 6 nitrogen and oxygen atoms in total. The standard InChI is InChI=1S/C20H22N2O4/c1-26-16-8-9-17(18(23)12-16)20(25)21-13-14-5-4-6-15(11-14)22-10-3-2-7-19(22)24/h4-6,8-9,11-12,23H,2-3,7,10,13H2,1H3,(H,21,25). The number of anilines is 1. The Kier molecular flexibility index (Phi) is 5.41. The fourth-order valence-corrected chi connectivity index (χ4v) is 3.02. The first-order chi connectivity index (χ1) is 12.6. The molecule has 0 spiro atoms. The number of phenols is 1. The van der Waals surface area contributed by atoms with E-state index in [1.807, 2.05) is 24.3 Å². The third-order valence-corrected chi connectivity index (χ3v) is 4.45. The number of rotatable bonds is 5. The summed E-state index contributed by atoms with van der Waals surface area (Å²) < 4.78 is 5.01. The molecule has 0 radical (unpaired) electrons. The lowest BCUT2D eigenvalue weighted by Gasteiger charge is -2.27. The van der Waals surface area contributed by atoms with Crippen molar-refractivity contribution in [2.45, 2.75) is 25.8 Å². The normalized spacial score (nSPS) is 14.2. The third kappa shape index (κ3) is 3.96. The van der Waals surface area contributed by atoms with Crippen molar-refractivity contribution in [3.8, 4) is 11.5 Å². The quantitative estimate of drug-likeness (QED) is 0.865. The number of hydrogen-bond donors (Lipinski definition) is 2. The van der Waals surface area contributed by atoms with Gasteiger partial charge in [-0.1, -0.05) is 12.1 Å². The number of methoxy groups -OCH3 is 1. The Morgan fingerprint density at radius 1 is 1.23 bits per heavy atom. The summed E-state index contributed by atoms with van der Waals surface area (Å²) in [6.07, 6.45) is 2.53. The molecule has 0 aromatic heterocycles. The number of nitrogens with one attached hydrogen (secondary N) is 1. The van der Waals surface area contributed by atoms with Gasteiger partial charge in [0.15, 0.2) is 0 Å². The average molecular weight is 354 g/mol. The summed E-state index contributed by atoms with van der Waals surface area (Å²) in [5.41, 5.74) is 1.93. The smallest absolute Gasteiger partial charge is 0.255 e. The number of ether oxygens (including phenoxy) is 1. The number of benzene rings is 2. The summed E-state index contributed by atoms with van der Waals surface area (Å²) >= 11 is 0. The van der Waals surface area contributed by atoms with Gasteiger partial charge in [-0.05, 0) is 42.7 Å². The van der Waals surface area contributed by atoms with Crippen molar-refractivity contribution >= 4 is 17.5 Å². The van der Waals surface area contributed by atoms with Crippen LogP contribution in [0.3, 0.4) is 0 Å². The summed E-state index contributed by atoms with van der Waals surface area (Å²) in [5, 5.41) is 12.7. The van der Waals surface area contributed by atoms with E-state index in [-0.39, 0.29) is 23.1 Å². The maximum absolute atomic E-state index is 12.3. The van der Waals surface area contributed by atoms with Crippen LogP contribution in [0.5, 0.6) is 11.5 Å². The zero-order chi connectivity index (χ0) is 18.5. The Hall–Kier alpha value is -3.02. The van der Waals surface area contributed by atoms with E-state index in [1.54, 1.807) is 11.0 Å². The molecule has 136 valence electrons. The van der Waals surface area contributed by atoms with Crippen LogP contribution in [0.2, 0.25) is 0 Å². The summed E-state index contributed by atoms with van der Waals surface area (Å²) in [7, 11) is 1.49. The van der Waals surface area contributed by atoms with Crippen LogP contribution in [-0.2, 0) is 11.3 Å². The molecule has 2 amide bonds. The van der Waals surface area contributed by atoms with E-state index in [2.05, 4.69) is 5.32 Å². The highest BCUT2D eigenvalue weighted by atomic mass is 16.5. The summed E-state index contributed by atoms with van der Waals surface area (Å²) in [6, 6.07) is 12.1. The van der Waals surface area contributed by atoms with Gasteiger partial charge in [0.25, 0.3) is 5.91 Å². The Morgan fingerprint density at radius 2 is 2.08 bits per heavy atom. The van der Waals surface area contributed by atoms with Crippen molar-refractivity contribution in [1.29, 1.82) is 0 Å². The number of carbonyl (C=O) groups is 2. The predicted molar refractivity (Wildman–Crippen MR) is 98.5 cm³/mol. The zero-order valence-electron chi connectivity index (χ0n) is 14.7. The highest BCUT2D eigenvalue weighted by Crippen LogP contribution is 2.24. The van der Waals surface area contributed by atoms with Crippen molar-refractivity contribution in [3.05, 3.63) is 53.6 Å².